The number of hydrogen-bond acceptors (Lipinski definition) is 4. The van der Waals surface area contributed by atoms with E-state index in [2.05, 4.69) is 27.0 Å². The monoisotopic (exact) mass is 401 g/mol. The van der Waals surface area contributed by atoms with Crippen molar-refractivity contribution in [3.8, 4) is 0 Å². The summed E-state index contributed by atoms with van der Waals surface area (Å²) in [6.45, 7) is 3.16. The highest BCUT2D eigenvalue weighted by Crippen LogP contribution is 2.29. The van der Waals surface area contributed by atoms with Gasteiger partial charge < -0.3 is 16.0 Å². The van der Waals surface area contributed by atoms with E-state index in [4.69, 9.17) is 17.2 Å². The van der Waals surface area contributed by atoms with Crippen molar-refractivity contribution in [1.29, 1.82) is 0 Å². The van der Waals surface area contributed by atoms with Crippen LogP contribution in [0.15, 0.2) is 34.3 Å². The van der Waals surface area contributed by atoms with Gasteiger partial charge in [0.1, 0.15) is 5.84 Å². The molecule has 0 aromatic heterocycles. The van der Waals surface area contributed by atoms with Crippen LogP contribution in [-0.4, -0.2) is 48.1 Å². The number of rotatable bonds is 6. The predicted molar refractivity (Wildman–Crippen MR) is 114 cm³/mol. The maximum Gasteiger partial charge on any atom is 0.223 e. The van der Waals surface area contributed by atoms with Crippen LogP contribution in [0.3, 0.4) is 0 Å². The van der Waals surface area contributed by atoms with Gasteiger partial charge in [-0.1, -0.05) is 18.2 Å². The second-order valence-corrected chi connectivity index (χ2v) is 7.79. The van der Waals surface area contributed by atoms with Crippen LogP contribution in [0.2, 0.25) is 0 Å². The minimum atomic E-state index is -0.0808. The number of allylic oxidation sites excluding steroid dienone is 3. The lowest BCUT2D eigenvalue weighted by molar-refractivity contribution is -0.126. The quantitative estimate of drug-likeness (QED) is 0.464. The minimum Gasteiger partial charge on any atom is -0.355 e. The van der Waals surface area contributed by atoms with Crippen molar-refractivity contribution in [3.63, 3.8) is 0 Å². The highest BCUT2D eigenvalue weighted by Gasteiger charge is 2.28. The first-order valence-corrected chi connectivity index (χ1v) is 10.2. The van der Waals surface area contributed by atoms with E-state index in [0.29, 0.717) is 24.1 Å². The Balaban J connectivity index is 1.44. The molecule has 1 aliphatic heterocycles. The number of hydrogen-bond donors (Lipinski definition) is 3. The molecule has 150 valence electrons. The van der Waals surface area contributed by atoms with Crippen molar-refractivity contribution in [2.75, 3.05) is 19.6 Å². The molecule has 2 aliphatic carbocycles. The lowest BCUT2D eigenvalue weighted by atomic mass is 9.81. The molecule has 7 nitrogen and oxygen atoms in total. The molecule has 2 amide bonds. The summed E-state index contributed by atoms with van der Waals surface area (Å²) in [5.41, 5.74) is 0.935. The van der Waals surface area contributed by atoms with E-state index in [1.54, 1.807) is 0 Å². The molecule has 1 fully saturated rings. The third-order valence-corrected chi connectivity index (χ3v) is 5.49. The van der Waals surface area contributed by atoms with E-state index in [1.807, 2.05) is 18.2 Å². The second kappa shape index (κ2) is 9.73. The molecule has 3 rings (SSSR count). The maximum absolute atomic E-state index is 12.2. The Morgan fingerprint density at radius 3 is 2.71 bits per heavy atom. The first-order chi connectivity index (χ1) is 13.5. The molecule has 1 saturated carbocycles. The number of fused-ring (bicyclic) bond motifs is 1. The standard InChI is InChI=1S/C20H27N5O2S/c1-13(26)21-10-11-22-19(27)15-8-6-14(7-9-15)12-23-18-16-4-2-3-5-17(16)24-20(28)25-18/h2-5,14-16H,6-12H2,1H3,(H,21,26)(H,22,27)(H,23,25,28). The van der Waals surface area contributed by atoms with Gasteiger partial charge in [-0.05, 0) is 49.9 Å². The van der Waals surface area contributed by atoms with Crippen molar-refractivity contribution in [2.24, 2.45) is 27.7 Å². The van der Waals surface area contributed by atoms with E-state index in [0.717, 1.165) is 43.8 Å². The van der Waals surface area contributed by atoms with E-state index in [1.165, 1.54) is 6.92 Å². The number of amidine groups is 1. The Kier molecular flexibility index (Phi) is 7.08. The van der Waals surface area contributed by atoms with Gasteiger partial charge in [0, 0.05) is 32.5 Å². The van der Waals surface area contributed by atoms with Crippen LogP contribution in [-0.2, 0) is 9.59 Å². The molecule has 28 heavy (non-hydrogen) atoms. The number of aliphatic imine (C=N–C) groups is 2. The van der Waals surface area contributed by atoms with Gasteiger partial charge in [0.05, 0.1) is 11.6 Å². The maximum atomic E-state index is 12.2. The van der Waals surface area contributed by atoms with Crippen LogP contribution in [0.25, 0.3) is 0 Å². The smallest absolute Gasteiger partial charge is 0.223 e. The van der Waals surface area contributed by atoms with E-state index in [-0.39, 0.29) is 23.7 Å². The lowest BCUT2D eigenvalue weighted by Crippen LogP contribution is -2.42. The van der Waals surface area contributed by atoms with Gasteiger partial charge in [-0.15, -0.1) is 0 Å². The van der Waals surface area contributed by atoms with Crippen LogP contribution in [0, 0.1) is 17.8 Å². The Bertz CT molecular complexity index is 748. The summed E-state index contributed by atoms with van der Waals surface area (Å²) in [5.74, 6) is 1.48. The number of carbonyl (C=O) groups is 2. The third-order valence-electron chi connectivity index (χ3n) is 5.30. The Morgan fingerprint density at radius 1 is 1.21 bits per heavy atom. The number of nitrogens with zero attached hydrogens (tertiary/aromatic N) is 2. The Labute approximate surface area is 170 Å². The summed E-state index contributed by atoms with van der Waals surface area (Å²) in [7, 11) is 0. The van der Waals surface area contributed by atoms with Crippen LogP contribution in [0.4, 0.5) is 0 Å². The molecule has 0 bridgehead atoms. The Morgan fingerprint density at radius 2 is 1.96 bits per heavy atom. The summed E-state index contributed by atoms with van der Waals surface area (Å²) in [5, 5.41) is 9.19. The van der Waals surface area contributed by atoms with E-state index >= 15 is 0 Å². The van der Waals surface area contributed by atoms with Crippen molar-refractivity contribution in [3.05, 3.63) is 24.3 Å². The molecule has 3 N–H and O–H groups in total. The van der Waals surface area contributed by atoms with Gasteiger partial charge in [0.2, 0.25) is 11.8 Å². The van der Waals surface area contributed by atoms with E-state index < -0.39 is 0 Å². The molecule has 0 spiro atoms. The minimum absolute atomic E-state index is 0.0578. The zero-order valence-electron chi connectivity index (χ0n) is 16.1. The first kappa shape index (κ1) is 20.4. The van der Waals surface area contributed by atoms with Crippen LogP contribution >= 0.6 is 12.2 Å². The molecule has 3 aliphatic rings. The van der Waals surface area contributed by atoms with Gasteiger partial charge in [-0.2, -0.15) is 0 Å². The number of thiocarbonyl (C=S) groups is 1. The van der Waals surface area contributed by atoms with Gasteiger partial charge in [-0.3, -0.25) is 14.6 Å². The first-order valence-electron chi connectivity index (χ1n) is 9.84. The van der Waals surface area contributed by atoms with Gasteiger partial charge >= 0.3 is 0 Å². The van der Waals surface area contributed by atoms with Gasteiger partial charge in [0.25, 0.3) is 0 Å². The number of nitrogens with one attached hydrogen (secondary N) is 3. The average Bonchev–Trinajstić information content (AvgIpc) is 2.69. The van der Waals surface area contributed by atoms with E-state index in [9.17, 15) is 9.59 Å². The fourth-order valence-corrected chi connectivity index (χ4v) is 3.95. The molecule has 1 heterocycles. The molecule has 0 saturated heterocycles. The van der Waals surface area contributed by atoms with Crippen LogP contribution < -0.4 is 16.0 Å². The average molecular weight is 402 g/mol. The molecule has 0 aromatic rings. The highest BCUT2D eigenvalue weighted by molar-refractivity contribution is 7.80. The van der Waals surface area contributed by atoms with Crippen molar-refractivity contribution in [1.82, 2.24) is 16.0 Å². The normalized spacial score (nSPS) is 27.6. The molecule has 8 heteroatoms. The summed E-state index contributed by atoms with van der Waals surface area (Å²) in [4.78, 5) is 32.3. The number of carbonyl (C=O) groups excluding carboxylic acids is 2. The summed E-state index contributed by atoms with van der Waals surface area (Å²) >= 11 is 5.22. The molecule has 1 atom stereocenters. The van der Waals surface area contributed by atoms with Gasteiger partial charge in [0.15, 0.2) is 5.11 Å². The summed E-state index contributed by atoms with van der Waals surface area (Å²) < 4.78 is 0. The van der Waals surface area contributed by atoms with Crippen molar-refractivity contribution >= 4 is 40.7 Å². The lowest BCUT2D eigenvalue weighted by Gasteiger charge is -2.28. The third kappa shape index (κ3) is 5.58. The molecule has 1 unspecified atom stereocenters. The fourth-order valence-electron chi connectivity index (χ4n) is 3.74. The zero-order valence-corrected chi connectivity index (χ0v) is 16.9. The van der Waals surface area contributed by atoms with Crippen molar-refractivity contribution in [2.45, 2.75) is 32.6 Å². The second-order valence-electron chi connectivity index (χ2n) is 7.41. The van der Waals surface area contributed by atoms with Crippen LogP contribution in [0.5, 0.6) is 0 Å². The SMILES string of the molecule is CC(=O)NCCNC(=O)C1CCC(CN=C2NC(=S)N=C3C=CC=CC32)CC1. The largest absolute Gasteiger partial charge is 0.355 e. The topological polar surface area (TPSA) is 95.0 Å². The fraction of sp³-hybridized carbons (Fsp3) is 0.550. The summed E-state index contributed by atoms with van der Waals surface area (Å²) in [6.07, 6.45) is 11.8. The number of amides is 2. The summed E-state index contributed by atoms with van der Waals surface area (Å²) in [6, 6.07) is 0. The molecular weight excluding hydrogens is 374 g/mol. The van der Waals surface area contributed by atoms with Crippen molar-refractivity contribution < 1.29 is 9.59 Å². The molecule has 0 aromatic carbocycles. The molecular formula is C20H27N5O2S. The van der Waals surface area contributed by atoms with Crippen LogP contribution in [0.1, 0.15) is 32.6 Å². The highest BCUT2D eigenvalue weighted by atomic mass is 32.1. The Hall–Kier alpha value is -2.35. The zero-order chi connectivity index (χ0) is 19.9. The van der Waals surface area contributed by atoms with Gasteiger partial charge in [-0.25, -0.2) is 4.99 Å². The predicted octanol–water partition coefficient (Wildman–Crippen LogP) is 1.51. The molecule has 0 radical (unpaired) electrons.